The summed E-state index contributed by atoms with van der Waals surface area (Å²) in [6.07, 6.45) is 0. The highest BCUT2D eigenvalue weighted by Gasteiger charge is 2.21. The number of amides is 1. The summed E-state index contributed by atoms with van der Waals surface area (Å²) in [7, 11) is 0.0382. The lowest BCUT2D eigenvalue weighted by Crippen LogP contribution is -2.31. The second kappa shape index (κ2) is 10.7. The quantitative estimate of drug-likeness (QED) is 0.604. The zero-order valence-electron chi connectivity index (χ0n) is 19.2. The van der Waals surface area contributed by atoms with Crippen LogP contribution < -0.4 is 10.1 Å². The van der Waals surface area contributed by atoms with Crippen LogP contribution in [0.15, 0.2) is 41.3 Å². The molecule has 0 radical (unpaired) electrons. The van der Waals surface area contributed by atoms with Gasteiger partial charge in [-0.3, -0.25) is 9.69 Å². The van der Waals surface area contributed by atoms with Crippen molar-refractivity contribution in [1.29, 1.82) is 0 Å². The normalized spacial score (nSPS) is 11.7. The SMILES string of the molecule is CCN(CC)S(=O)(=O)c1ccc(NC(=O)CN(C)Cc2cc(C)c(OC)c(C)c2)cc1. The Morgan fingerprint density at radius 3 is 2.06 bits per heavy atom. The molecule has 0 aromatic heterocycles. The van der Waals surface area contributed by atoms with Crippen molar-refractivity contribution in [2.45, 2.75) is 39.1 Å². The summed E-state index contributed by atoms with van der Waals surface area (Å²) in [5, 5.41) is 2.83. The smallest absolute Gasteiger partial charge is 0.243 e. The molecular formula is C23H33N3O4S. The van der Waals surface area contributed by atoms with E-state index in [-0.39, 0.29) is 17.3 Å². The summed E-state index contributed by atoms with van der Waals surface area (Å²) < 4.78 is 31.9. The van der Waals surface area contributed by atoms with Crippen LogP contribution in [0.4, 0.5) is 5.69 Å². The Hall–Kier alpha value is -2.42. The van der Waals surface area contributed by atoms with Crippen molar-refractivity contribution >= 4 is 21.6 Å². The van der Waals surface area contributed by atoms with Crippen LogP contribution in [0.3, 0.4) is 0 Å². The third-order valence-electron chi connectivity index (χ3n) is 5.07. The van der Waals surface area contributed by atoms with Gasteiger partial charge in [-0.15, -0.1) is 0 Å². The Kier molecular flexibility index (Phi) is 8.61. The molecular weight excluding hydrogens is 414 g/mol. The van der Waals surface area contributed by atoms with E-state index < -0.39 is 10.0 Å². The molecule has 0 heterocycles. The lowest BCUT2D eigenvalue weighted by atomic mass is 10.1. The first-order valence-corrected chi connectivity index (χ1v) is 11.8. The topological polar surface area (TPSA) is 79.0 Å². The molecule has 170 valence electrons. The number of nitrogens with zero attached hydrogens (tertiary/aromatic N) is 2. The van der Waals surface area contributed by atoms with Crippen LogP contribution in [0.5, 0.6) is 5.75 Å². The number of rotatable bonds is 10. The minimum Gasteiger partial charge on any atom is -0.496 e. The molecule has 0 aliphatic carbocycles. The van der Waals surface area contributed by atoms with Crippen molar-refractivity contribution in [2.24, 2.45) is 0 Å². The first kappa shape index (κ1) is 24.8. The number of aryl methyl sites for hydroxylation is 2. The molecule has 7 nitrogen and oxygen atoms in total. The number of carbonyl (C=O) groups is 1. The van der Waals surface area contributed by atoms with E-state index in [4.69, 9.17) is 4.74 Å². The molecule has 2 aromatic carbocycles. The number of carbonyl (C=O) groups excluding carboxylic acids is 1. The summed E-state index contributed by atoms with van der Waals surface area (Å²) in [6, 6.07) is 10.4. The van der Waals surface area contributed by atoms with Gasteiger partial charge in [0.2, 0.25) is 15.9 Å². The molecule has 0 unspecified atom stereocenters. The third-order valence-corrected chi connectivity index (χ3v) is 7.14. The van der Waals surface area contributed by atoms with Gasteiger partial charge in [-0.05, 0) is 61.9 Å². The van der Waals surface area contributed by atoms with Gasteiger partial charge >= 0.3 is 0 Å². The van der Waals surface area contributed by atoms with Crippen molar-refractivity contribution in [3.05, 3.63) is 53.1 Å². The zero-order valence-corrected chi connectivity index (χ0v) is 20.0. The molecule has 0 fully saturated rings. The number of anilines is 1. The fraction of sp³-hybridized carbons (Fsp3) is 0.435. The van der Waals surface area contributed by atoms with Crippen LogP contribution in [0, 0.1) is 13.8 Å². The van der Waals surface area contributed by atoms with E-state index >= 15 is 0 Å². The van der Waals surface area contributed by atoms with Crippen LogP contribution >= 0.6 is 0 Å². The van der Waals surface area contributed by atoms with E-state index in [0.29, 0.717) is 25.3 Å². The Balaban J connectivity index is 1.98. The standard InChI is InChI=1S/C23H33N3O4S/c1-7-26(8-2)31(28,29)21-11-9-20(10-12-21)24-22(27)16-25(5)15-19-13-17(3)23(30-6)18(4)14-19/h9-14H,7-8,15-16H2,1-6H3,(H,24,27). The summed E-state index contributed by atoms with van der Waals surface area (Å²) >= 11 is 0. The fourth-order valence-corrected chi connectivity index (χ4v) is 5.15. The summed E-state index contributed by atoms with van der Waals surface area (Å²) in [6.45, 7) is 9.29. The maximum Gasteiger partial charge on any atom is 0.243 e. The average molecular weight is 448 g/mol. The molecule has 1 amide bonds. The number of methoxy groups -OCH3 is 1. The van der Waals surface area contributed by atoms with Crippen molar-refractivity contribution in [3.63, 3.8) is 0 Å². The third kappa shape index (κ3) is 6.29. The lowest BCUT2D eigenvalue weighted by Gasteiger charge is -2.19. The van der Waals surface area contributed by atoms with E-state index in [9.17, 15) is 13.2 Å². The van der Waals surface area contributed by atoms with Crippen molar-refractivity contribution in [1.82, 2.24) is 9.21 Å². The predicted octanol–water partition coefficient (Wildman–Crippen LogP) is 3.41. The van der Waals surface area contributed by atoms with E-state index in [1.807, 2.05) is 25.8 Å². The fourth-order valence-electron chi connectivity index (χ4n) is 3.69. The first-order chi connectivity index (χ1) is 14.6. The highest BCUT2D eigenvalue weighted by Crippen LogP contribution is 2.25. The zero-order chi connectivity index (χ0) is 23.2. The lowest BCUT2D eigenvalue weighted by molar-refractivity contribution is -0.117. The van der Waals surface area contributed by atoms with Crippen molar-refractivity contribution in [3.8, 4) is 5.75 Å². The molecule has 0 bridgehead atoms. The van der Waals surface area contributed by atoms with Gasteiger partial charge < -0.3 is 10.1 Å². The number of sulfonamides is 1. The Morgan fingerprint density at radius 2 is 1.58 bits per heavy atom. The number of nitrogens with one attached hydrogen (secondary N) is 1. The second-order valence-electron chi connectivity index (χ2n) is 7.60. The highest BCUT2D eigenvalue weighted by molar-refractivity contribution is 7.89. The van der Waals surface area contributed by atoms with Gasteiger partial charge in [-0.2, -0.15) is 4.31 Å². The molecule has 8 heteroatoms. The van der Waals surface area contributed by atoms with Gasteiger partial charge in [-0.1, -0.05) is 26.0 Å². The molecule has 31 heavy (non-hydrogen) atoms. The van der Waals surface area contributed by atoms with Gasteiger partial charge in [0, 0.05) is 25.3 Å². The summed E-state index contributed by atoms with van der Waals surface area (Å²) in [5.74, 6) is 0.722. The van der Waals surface area contributed by atoms with Crippen LogP contribution in [-0.2, 0) is 21.4 Å². The molecule has 0 atom stereocenters. The number of ether oxygens (including phenoxy) is 1. The molecule has 0 aliphatic heterocycles. The van der Waals surface area contributed by atoms with Gasteiger partial charge in [0.25, 0.3) is 0 Å². The highest BCUT2D eigenvalue weighted by atomic mass is 32.2. The van der Waals surface area contributed by atoms with Crippen LogP contribution in [0.25, 0.3) is 0 Å². The van der Waals surface area contributed by atoms with Crippen LogP contribution in [0.1, 0.15) is 30.5 Å². The number of benzene rings is 2. The molecule has 0 saturated carbocycles. The molecule has 1 N–H and O–H groups in total. The molecule has 0 spiro atoms. The van der Waals surface area contributed by atoms with E-state index in [2.05, 4.69) is 17.4 Å². The monoisotopic (exact) mass is 447 g/mol. The van der Waals surface area contributed by atoms with E-state index in [1.165, 1.54) is 16.4 Å². The Morgan fingerprint density at radius 1 is 1.03 bits per heavy atom. The van der Waals surface area contributed by atoms with E-state index in [1.54, 1.807) is 33.1 Å². The minimum atomic E-state index is -3.51. The molecule has 0 saturated heterocycles. The second-order valence-corrected chi connectivity index (χ2v) is 9.53. The average Bonchev–Trinajstić information content (AvgIpc) is 2.68. The van der Waals surface area contributed by atoms with Gasteiger partial charge in [-0.25, -0.2) is 8.42 Å². The van der Waals surface area contributed by atoms with Crippen molar-refractivity contribution in [2.75, 3.05) is 39.1 Å². The summed E-state index contributed by atoms with van der Waals surface area (Å²) in [4.78, 5) is 14.6. The number of hydrogen-bond donors (Lipinski definition) is 1. The van der Waals surface area contributed by atoms with Crippen LogP contribution in [-0.4, -0.2) is 57.3 Å². The van der Waals surface area contributed by atoms with Crippen LogP contribution in [0.2, 0.25) is 0 Å². The largest absolute Gasteiger partial charge is 0.496 e. The number of hydrogen-bond acceptors (Lipinski definition) is 5. The van der Waals surface area contributed by atoms with Crippen molar-refractivity contribution < 1.29 is 17.9 Å². The van der Waals surface area contributed by atoms with Gasteiger partial charge in [0.15, 0.2) is 0 Å². The molecule has 0 aliphatic rings. The van der Waals surface area contributed by atoms with Gasteiger partial charge in [0.05, 0.1) is 18.6 Å². The maximum atomic E-state index is 12.6. The van der Waals surface area contributed by atoms with E-state index in [0.717, 1.165) is 22.4 Å². The molecule has 2 aromatic rings. The maximum absolute atomic E-state index is 12.6. The minimum absolute atomic E-state index is 0.163. The molecule has 2 rings (SSSR count). The Labute approximate surface area is 186 Å². The Bertz CT molecular complexity index is 977. The first-order valence-electron chi connectivity index (χ1n) is 10.3. The van der Waals surface area contributed by atoms with Gasteiger partial charge in [0.1, 0.15) is 5.75 Å². The summed E-state index contributed by atoms with van der Waals surface area (Å²) in [5.41, 5.74) is 3.80. The predicted molar refractivity (Wildman–Crippen MR) is 124 cm³/mol. The number of likely N-dealkylation sites (N-methyl/N-ethyl adjacent to an activating group) is 1.